The Hall–Kier alpha value is -2.61. The number of non-ortho nitro benzene ring substituents is 1. The Balaban J connectivity index is 2.43. The smallest absolute Gasteiger partial charge is 0.269 e. The lowest BCUT2D eigenvalue weighted by atomic mass is 10.3. The summed E-state index contributed by atoms with van der Waals surface area (Å²) < 4.78 is 1.67. The van der Waals surface area contributed by atoms with Crippen LogP contribution in [0.25, 0.3) is 5.69 Å². The van der Waals surface area contributed by atoms with Crippen LogP contribution >= 0.6 is 0 Å². The van der Waals surface area contributed by atoms with Gasteiger partial charge in [0.2, 0.25) is 0 Å². The molecule has 5 heteroatoms. The van der Waals surface area contributed by atoms with Crippen LogP contribution < -0.4 is 0 Å². The quantitative estimate of drug-likeness (QED) is 0.567. The van der Waals surface area contributed by atoms with Gasteiger partial charge < -0.3 is 4.57 Å². The highest BCUT2D eigenvalue weighted by atomic mass is 16.6. The fraction of sp³-hybridized carbons (Fsp3) is 0. The number of rotatable bonds is 2. The van der Waals surface area contributed by atoms with Crippen LogP contribution in [0.4, 0.5) is 5.69 Å². The molecule has 0 bridgehead atoms. The maximum absolute atomic E-state index is 10.5. The molecule has 0 saturated heterocycles. The Morgan fingerprint density at radius 1 is 1.25 bits per heavy atom. The average molecular weight is 213 g/mol. The molecular weight excluding hydrogens is 206 g/mol. The largest absolute Gasteiger partial charge is 0.308 e. The van der Waals surface area contributed by atoms with Gasteiger partial charge in [-0.2, -0.15) is 5.26 Å². The minimum atomic E-state index is -0.454. The second-order valence-corrected chi connectivity index (χ2v) is 3.15. The number of nitriles is 1. The van der Waals surface area contributed by atoms with E-state index < -0.39 is 4.92 Å². The normalized spacial score (nSPS) is 9.69. The van der Waals surface area contributed by atoms with Crippen molar-refractivity contribution in [2.45, 2.75) is 0 Å². The molecule has 0 radical (unpaired) electrons. The van der Waals surface area contributed by atoms with Gasteiger partial charge in [-0.25, -0.2) is 0 Å². The molecule has 0 unspecified atom stereocenters. The Morgan fingerprint density at radius 3 is 2.50 bits per heavy atom. The summed E-state index contributed by atoms with van der Waals surface area (Å²) in [6.45, 7) is 0. The van der Waals surface area contributed by atoms with E-state index in [2.05, 4.69) is 0 Å². The Kier molecular flexibility index (Phi) is 2.40. The van der Waals surface area contributed by atoms with E-state index >= 15 is 0 Å². The predicted octanol–water partition coefficient (Wildman–Crippen LogP) is 2.26. The molecule has 0 fully saturated rings. The van der Waals surface area contributed by atoms with Crippen molar-refractivity contribution in [1.29, 1.82) is 5.26 Å². The van der Waals surface area contributed by atoms with Crippen molar-refractivity contribution in [2.75, 3.05) is 0 Å². The van der Waals surface area contributed by atoms with Crippen molar-refractivity contribution >= 4 is 5.69 Å². The molecule has 1 heterocycles. The number of aromatic nitrogens is 1. The van der Waals surface area contributed by atoms with Crippen molar-refractivity contribution in [3.8, 4) is 11.8 Å². The first-order valence-corrected chi connectivity index (χ1v) is 4.54. The minimum Gasteiger partial charge on any atom is -0.308 e. The monoisotopic (exact) mass is 213 g/mol. The number of nitrogens with zero attached hydrogens (tertiary/aromatic N) is 3. The van der Waals surface area contributed by atoms with Crippen LogP contribution in [0, 0.1) is 21.4 Å². The van der Waals surface area contributed by atoms with Gasteiger partial charge in [-0.15, -0.1) is 0 Å². The van der Waals surface area contributed by atoms with E-state index in [1.807, 2.05) is 6.07 Å². The molecule has 0 atom stereocenters. The average Bonchev–Trinajstić information content (AvgIpc) is 2.77. The molecular formula is C11H7N3O2. The lowest BCUT2D eigenvalue weighted by Crippen LogP contribution is -1.95. The minimum absolute atomic E-state index is 0.0365. The van der Waals surface area contributed by atoms with Crippen molar-refractivity contribution in [3.63, 3.8) is 0 Å². The summed E-state index contributed by atoms with van der Waals surface area (Å²) >= 11 is 0. The summed E-state index contributed by atoms with van der Waals surface area (Å²) in [6.07, 6.45) is 1.74. The Morgan fingerprint density at radius 2 is 1.94 bits per heavy atom. The van der Waals surface area contributed by atoms with E-state index in [0.717, 1.165) is 5.69 Å². The zero-order valence-corrected chi connectivity index (χ0v) is 8.20. The summed E-state index contributed by atoms with van der Waals surface area (Å²) in [5, 5.41) is 19.3. The molecule has 1 aromatic heterocycles. The third kappa shape index (κ3) is 1.64. The molecule has 0 N–H and O–H groups in total. The van der Waals surface area contributed by atoms with Crippen LogP contribution in [-0.2, 0) is 0 Å². The molecule has 0 aliphatic heterocycles. The molecule has 0 amide bonds. The standard InChI is InChI=1S/C11H7N3O2/c12-8-11-2-1-7-13(11)9-3-5-10(6-4-9)14(15)16/h1-7H. The van der Waals surface area contributed by atoms with Crippen LogP contribution in [0.3, 0.4) is 0 Å². The molecule has 0 spiro atoms. The third-order valence-corrected chi connectivity index (χ3v) is 2.20. The lowest BCUT2D eigenvalue weighted by molar-refractivity contribution is -0.384. The van der Waals surface area contributed by atoms with Gasteiger partial charge in [0, 0.05) is 24.0 Å². The topological polar surface area (TPSA) is 71.9 Å². The van der Waals surface area contributed by atoms with Crippen molar-refractivity contribution in [1.82, 2.24) is 4.57 Å². The van der Waals surface area contributed by atoms with Gasteiger partial charge in [-0.1, -0.05) is 0 Å². The van der Waals surface area contributed by atoms with Crippen molar-refractivity contribution in [2.24, 2.45) is 0 Å². The molecule has 0 aliphatic rings. The van der Waals surface area contributed by atoms with Gasteiger partial charge in [0.15, 0.2) is 0 Å². The molecule has 0 aliphatic carbocycles. The van der Waals surface area contributed by atoms with E-state index in [4.69, 9.17) is 5.26 Å². The molecule has 5 nitrogen and oxygen atoms in total. The third-order valence-electron chi connectivity index (χ3n) is 2.20. The Labute approximate surface area is 91.3 Å². The van der Waals surface area contributed by atoms with Crippen LogP contribution in [0.2, 0.25) is 0 Å². The van der Waals surface area contributed by atoms with Crippen LogP contribution in [-0.4, -0.2) is 9.49 Å². The van der Waals surface area contributed by atoms with Crippen LogP contribution in [0.5, 0.6) is 0 Å². The van der Waals surface area contributed by atoms with Crippen LogP contribution in [0.1, 0.15) is 5.69 Å². The summed E-state index contributed by atoms with van der Waals surface area (Å²) in [4.78, 5) is 10.0. The van der Waals surface area contributed by atoms with E-state index in [9.17, 15) is 10.1 Å². The van der Waals surface area contributed by atoms with Crippen molar-refractivity contribution in [3.05, 3.63) is 58.4 Å². The summed E-state index contributed by atoms with van der Waals surface area (Å²) in [7, 11) is 0. The maximum atomic E-state index is 10.5. The Bertz CT molecular complexity index is 564. The highest BCUT2D eigenvalue weighted by Crippen LogP contribution is 2.16. The fourth-order valence-corrected chi connectivity index (χ4v) is 1.43. The molecule has 2 rings (SSSR count). The first kappa shape index (κ1) is 9.93. The van der Waals surface area contributed by atoms with E-state index in [-0.39, 0.29) is 5.69 Å². The van der Waals surface area contributed by atoms with E-state index in [0.29, 0.717) is 5.69 Å². The number of hydrogen-bond donors (Lipinski definition) is 0. The van der Waals surface area contributed by atoms with E-state index in [1.165, 1.54) is 12.1 Å². The second-order valence-electron chi connectivity index (χ2n) is 3.15. The zero-order chi connectivity index (χ0) is 11.5. The van der Waals surface area contributed by atoms with Gasteiger partial charge in [0.1, 0.15) is 11.8 Å². The molecule has 78 valence electrons. The molecule has 2 aromatic rings. The highest BCUT2D eigenvalue weighted by Gasteiger charge is 2.06. The molecule has 1 aromatic carbocycles. The number of nitro benzene ring substituents is 1. The SMILES string of the molecule is N#Cc1cccn1-c1ccc([N+](=O)[O-])cc1. The summed E-state index contributed by atoms with van der Waals surface area (Å²) in [5.74, 6) is 0. The summed E-state index contributed by atoms with van der Waals surface area (Å²) in [6, 6.07) is 11.5. The van der Waals surface area contributed by atoms with Gasteiger partial charge in [0.05, 0.1) is 4.92 Å². The van der Waals surface area contributed by atoms with Gasteiger partial charge >= 0.3 is 0 Å². The number of benzene rings is 1. The fourth-order valence-electron chi connectivity index (χ4n) is 1.43. The zero-order valence-electron chi connectivity index (χ0n) is 8.20. The number of nitro groups is 1. The van der Waals surface area contributed by atoms with Gasteiger partial charge in [0.25, 0.3) is 5.69 Å². The molecule has 0 saturated carbocycles. The van der Waals surface area contributed by atoms with E-state index in [1.54, 1.807) is 35.0 Å². The van der Waals surface area contributed by atoms with Gasteiger partial charge in [-0.05, 0) is 24.3 Å². The first-order chi connectivity index (χ1) is 7.72. The highest BCUT2D eigenvalue weighted by molar-refractivity contribution is 5.44. The van der Waals surface area contributed by atoms with Crippen molar-refractivity contribution < 1.29 is 4.92 Å². The maximum Gasteiger partial charge on any atom is 0.269 e. The lowest BCUT2D eigenvalue weighted by Gasteiger charge is -2.03. The predicted molar refractivity (Wildman–Crippen MR) is 57.1 cm³/mol. The first-order valence-electron chi connectivity index (χ1n) is 4.54. The molecule has 16 heavy (non-hydrogen) atoms. The second kappa shape index (κ2) is 3.87. The number of hydrogen-bond acceptors (Lipinski definition) is 3. The summed E-state index contributed by atoms with van der Waals surface area (Å²) in [5.41, 5.74) is 1.26. The van der Waals surface area contributed by atoms with Gasteiger partial charge in [-0.3, -0.25) is 10.1 Å². The van der Waals surface area contributed by atoms with Crippen LogP contribution in [0.15, 0.2) is 42.6 Å².